The van der Waals surface area contributed by atoms with Crippen LogP contribution in [0.1, 0.15) is 41.6 Å². The van der Waals surface area contributed by atoms with E-state index >= 15 is 0 Å². The second-order valence-corrected chi connectivity index (χ2v) is 11.4. The Labute approximate surface area is 237 Å². The molecule has 0 aliphatic heterocycles. The average Bonchev–Trinajstić information content (AvgIpc) is 3.71. The molecule has 2 aromatic heterocycles. The van der Waals surface area contributed by atoms with Gasteiger partial charge in [-0.2, -0.15) is 4.98 Å². The van der Waals surface area contributed by atoms with Crippen LogP contribution in [0.3, 0.4) is 0 Å². The molecule has 0 radical (unpaired) electrons. The highest BCUT2D eigenvalue weighted by atomic mass is 35.5. The Kier molecular flexibility index (Phi) is 6.66. The third kappa shape index (κ3) is 4.93. The Morgan fingerprint density at radius 2 is 1.85 bits per heavy atom. The highest BCUT2D eigenvalue weighted by Gasteiger charge is 2.27. The van der Waals surface area contributed by atoms with Gasteiger partial charge in [0.1, 0.15) is 5.52 Å². The third-order valence-electron chi connectivity index (χ3n) is 6.70. The number of carbonyl (C=O) groups excluding carboxylic acids is 2. The maximum Gasteiger partial charge on any atom is 0.248 e. The van der Waals surface area contributed by atoms with Crippen molar-refractivity contribution < 1.29 is 9.59 Å². The fraction of sp³-hybridized carbons (Fsp3) is 0.179. The Balaban J connectivity index is 1.38. The van der Waals surface area contributed by atoms with Crippen molar-refractivity contribution in [1.82, 2.24) is 19.5 Å². The van der Waals surface area contributed by atoms with Gasteiger partial charge in [-0.25, -0.2) is 9.97 Å². The van der Waals surface area contributed by atoms with Crippen molar-refractivity contribution in [3.05, 3.63) is 82.2 Å². The fourth-order valence-corrected chi connectivity index (χ4v) is 5.88. The Morgan fingerprint density at radius 3 is 2.56 bits per heavy atom. The number of rotatable bonds is 7. The van der Waals surface area contributed by atoms with Crippen LogP contribution in [0, 0.1) is 0 Å². The standard InChI is InChI=1S/C28H22Cl2N6O2S/c1-14(26(38)33-21-10-8-16(24(31)37)12-20(21)29)39-28-34-22-13-32-27(30)35-25(22)36(28)23-11-9-17(15-6-7-15)18-4-2-3-5-19(18)23/h2-5,8-15H,6-7H2,1H3,(H2,31,37)(H,33,38). The fourth-order valence-electron chi connectivity index (χ4n) is 4.60. The van der Waals surface area contributed by atoms with Gasteiger partial charge in [0, 0.05) is 10.9 Å². The number of primary amides is 1. The summed E-state index contributed by atoms with van der Waals surface area (Å²) in [5.41, 5.74) is 9.31. The Bertz CT molecular complexity index is 1790. The molecule has 2 amide bonds. The van der Waals surface area contributed by atoms with Crippen LogP contribution in [0.15, 0.2) is 66.0 Å². The molecule has 196 valence electrons. The van der Waals surface area contributed by atoms with E-state index in [-0.39, 0.29) is 21.8 Å². The zero-order valence-corrected chi connectivity index (χ0v) is 23.0. The van der Waals surface area contributed by atoms with E-state index in [0.29, 0.717) is 27.9 Å². The molecule has 3 aromatic carbocycles. The van der Waals surface area contributed by atoms with Crippen LogP contribution in [-0.4, -0.2) is 36.6 Å². The summed E-state index contributed by atoms with van der Waals surface area (Å²) >= 11 is 13.8. The molecule has 1 fully saturated rings. The van der Waals surface area contributed by atoms with Crippen molar-refractivity contribution in [2.45, 2.75) is 36.1 Å². The van der Waals surface area contributed by atoms with Crippen molar-refractivity contribution in [2.24, 2.45) is 5.73 Å². The molecule has 1 aliphatic rings. The van der Waals surface area contributed by atoms with Crippen LogP contribution in [0.25, 0.3) is 27.6 Å². The van der Waals surface area contributed by atoms with Crippen molar-refractivity contribution in [3.8, 4) is 5.69 Å². The molecule has 1 aliphatic carbocycles. The number of nitrogens with zero attached hydrogens (tertiary/aromatic N) is 4. The number of hydrogen-bond donors (Lipinski definition) is 2. The lowest BCUT2D eigenvalue weighted by atomic mass is 9.99. The first-order valence-corrected chi connectivity index (χ1v) is 13.9. The van der Waals surface area contributed by atoms with Gasteiger partial charge in [-0.15, -0.1) is 0 Å². The molecule has 1 saturated carbocycles. The molecule has 1 atom stereocenters. The number of anilines is 1. The topological polar surface area (TPSA) is 116 Å². The number of hydrogen-bond acceptors (Lipinski definition) is 6. The highest BCUT2D eigenvalue weighted by Crippen LogP contribution is 2.44. The van der Waals surface area contributed by atoms with E-state index in [4.69, 9.17) is 33.9 Å². The Morgan fingerprint density at radius 1 is 1.08 bits per heavy atom. The predicted molar refractivity (Wildman–Crippen MR) is 155 cm³/mol. The van der Waals surface area contributed by atoms with E-state index in [0.717, 1.165) is 11.1 Å². The maximum atomic E-state index is 13.2. The molecular formula is C28H22Cl2N6O2S. The van der Waals surface area contributed by atoms with Gasteiger partial charge in [-0.3, -0.25) is 14.2 Å². The zero-order valence-electron chi connectivity index (χ0n) is 20.7. The zero-order chi connectivity index (χ0) is 27.3. The monoisotopic (exact) mass is 576 g/mol. The van der Waals surface area contributed by atoms with E-state index in [2.05, 4.69) is 39.6 Å². The van der Waals surface area contributed by atoms with Crippen LogP contribution in [-0.2, 0) is 4.79 Å². The van der Waals surface area contributed by atoms with Gasteiger partial charge < -0.3 is 11.1 Å². The van der Waals surface area contributed by atoms with E-state index in [1.165, 1.54) is 47.7 Å². The molecule has 2 heterocycles. The number of nitrogens with one attached hydrogen (secondary N) is 1. The molecule has 5 aromatic rings. The number of aromatic nitrogens is 4. The normalized spacial score (nSPS) is 14.0. The van der Waals surface area contributed by atoms with E-state index in [9.17, 15) is 9.59 Å². The quantitative estimate of drug-likeness (QED) is 0.172. The van der Waals surface area contributed by atoms with Gasteiger partial charge in [-0.1, -0.05) is 53.7 Å². The number of amides is 2. The number of thioether (sulfide) groups is 1. The van der Waals surface area contributed by atoms with Crippen molar-refractivity contribution in [2.75, 3.05) is 5.32 Å². The first-order chi connectivity index (χ1) is 18.8. The first-order valence-electron chi connectivity index (χ1n) is 12.3. The number of nitrogens with two attached hydrogens (primary N) is 1. The van der Waals surface area contributed by atoms with E-state index < -0.39 is 11.2 Å². The van der Waals surface area contributed by atoms with E-state index in [1.807, 2.05) is 16.7 Å². The number of halogens is 2. The van der Waals surface area contributed by atoms with E-state index in [1.54, 1.807) is 19.2 Å². The maximum absolute atomic E-state index is 13.2. The smallest absolute Gasteiger partial charge is 0.248 e. The summed E-state index contributed by atoms with van der Waals surface area (Å²) < 4.78 is 1.94. The van der Waals surface area contributed by atoms with Crippen LogP contribution < -0.4 is 11.1 Å². The van der Waals surface area contributed by atoms with Gasteiger partial charge in [0.15, 0.2) is 10.8 Å². The molecule has 3 N–H and O–H groups in total. The number of fused-ring (bicyclic) bond motifs is 2. The summed E-state index contributed by atoms with van der Waals surface area (Å²) in [6.07, 6.45) is 3.98. The summed E-state index contributed by atoms with van der Waals surface area (Å²) in [4.78, 5) is 38.0. The summed E-state index contributed by atoms with van der Waals surface area (Å²) in [6.45, 7) is 1.78. The second-order valence-electron chi connectivity index (χ2n) is 9.38. The summed E-state index contributed by atoms with van der Waals surface area (Å²) in [5.74, 6) is -0.300. The van der Waals surface area contributed by atoms with Gasteiger partial charge in [0.2, 0.25) is 17.1 Å². The number of carbonyl (C=O) groups is 2. The predicted octanol–water partition coefficient (Wildman–Crippen LogP) is 6.37. The lowest BCUT2D eigenvalue weighted by Gasteiger charge is -2.16. The van der Waals surface area contributed by atoms with Crippen LogP contribution in [0.5, 0.6) is 0 Å². The summed E-state index contributed by atoms with van der Waals surface area (Å²) in [6, 6.07) is 17.0. The van der Waals surface area contributed by atoms with Gasteiger partial charge in [0.25, 0.3) is 0 Å². The molecule has 0 bridgehead atoms. The molecule has 6 rings (SSSR count). The molecular weight excluding hydrogens is 555 g/mol. The molecule has 1 unspecified atom stereocenters. The van der Waals surface area contributed by atoms with Gasteiger partial charge in [0.05, 0.1) is 27.8 Å². The third-order valence-corrected chi connectivity index (χ3v) is 8.24. The molecule has 0 spiro atoms. The summed E-state index contributed by atoms with van der Waals surface area (Å²) in [5, 5.41) is 5.42. The minimum absolute atomic E-state index is 0.110. The largest absolute Gasteiger partial charge is 0.366 e. The van der Waals surface area contributed by atoms with Crippen molar-refractivity contribution in [3.63, 3.8) is 0 Å². The molecule has 0 saturated heterocycles. The highest BCUT2D eigenvalue weighted by molar-refractivity contribution is 8.00. The van der Waals surface area contributed by atoms with Crippen LogP contribution in [0.4, 0.5) is 5.69 Å². The SMILES string of the molecule is CC(Sc1nc2cnc(Cl)nc2n1-c1ccc(C2CC2)c2ccccc12)C(=O)Nc1ccc(C(N)=O)cc1Cl. The lowest BCUT2D eigenvalue weighted by Crippen LogP contribution is -2.23. The average molecular weight is 577 g/mol. The lowest BCUT2D eigenvalue weighted by molar-refractivity contribution is -0.115. The van der Waals surface area contributed by atoms with Crippen LogP contribution >= 0.6 is 35.0 Å². The minimum atomic E-state index is -0.599. The van der Waals surface area contributed by atoms with Gasteiger partial charge in [-0.05, 0) is 72.5 Å². The second kappa shape index (κ2) is 10.1. The number of benzene rings is 3. The van der Waals surface area contributed by atoms with Gasteiger partial charge >= 0.3 is 0 Å². The Hall–Kier alpha value is -3.66. The van der Waals surface area contributed by atoms with Crippen molar-refractivity contribution in [1.29, 1.82) is 0 Å². The first kappa shape index (κ1) is 25.6. The van der Waals surface area contributed by atoms with Crippen LogP contribution in [0.2, 0.25) is 10.3 Å². The summed E-state index contributed by atoms with van der Waals surface area (Å²) in [7, 11) is 0. The molecule has 8 nitrogen and oxygen atoms in total. The minimum Gasteiger partial charge on any atom is -0.366 e. The molecule has 11 heteroatoms. The molecule has 39 heavy (non-hydrogen) atoms. The van der Waals surface area contributed by atoms with Crippen molar-refractivity contribution >= 4 is 74.4 Å². The number of imidazole rings is 1.